The Morgan fingerprint density at radius 1 is 1.03 bits per heavy atom. The molecule has 0 spiro atoms. The van der Waals surface area contributed by atoms with E-state index in [0.717, 1.165) is 39.1 Å². The first-order chi connectivity index (χ1) is 15.4. The Balaban J connectivity index is 1.42. The van der Waals surface area contributed by atoms with Crippen molar-refractivity contribution in [2.24, 2.45) is 5.10 Å². The molecule has 2 N–H and O–H groups in total. The van der Waals surface area contributed by atoms with Gasteiger partial charge in [-0.3, -0.25) is 4.79 Å². The van der Waals surface area contributed by atoms with E-state index < -0.39 is 0 Å². The van der Waals surface area contributed by atoms with Crippen molar-refractivity contribution in [3.63, 3.8) is 0 Å². The van der Waals surface area contributed by atoms with Crippen molar-refractivity contribution in [3.05, 3.63) is 93.7 Å². The third-order valence-corrected chi connectivity index (χ3v) is 5.78. The highest BCUT2D eigenvalue weighted by atomic mass is 35.5. The Morgan fingerprint density at radius 3 is 2.62 bits per heavy atom. The van der Waals surface area contributed by atoms with Gasteiger partial charge >= 0.3 is 0 Å². The molecule has 0 bridgehead atoms. The van der Waals surface area contributed by atoms with Gasteiger partial charge < -0.3 is 9.88 Å². The Labute approximate surface area is 196 Å². The third-order valence-electron chi connectivity index (χ3n) is 5.24. The van der Waals surface area contributed by atoms with E-state index in [1.807, 2.05) is 73.0 Å². The highest BCUT2D eigenvalue weighted by Gasteiger charge is 2.12. The molecule has 162 valence electrons. The van der Waals surface area contributed by atoms with Crippen molar-refractivity contribution < 1.29 is 4.79 Å². The molecular formula is C25H22Cl2N4O. The quantitative estimate of drug-likeness (QED) is 0.266. The molecule has 0 saturated heterocycles. The SMILES string of the molecule is Cc1cc(/C=N\NC(=O)CNc2cccc3ccccc23)c(C)n1-c1ccc(Cl)cc1Cl. The molecule has 1 heterocycles. The van der Waals surface area contributed by atoms with Crippen LogP contribution in [0.4, 0.5) is 5.69 Å². The number of nitrogens with one attached hydrogen (secondary N) is 2. The highest BCUT2D eigenvalue weighted by molar-refractivity contribution is 6.35. The Hall–Kier alpha value is -3.28. The van der Waals surface area contributed by atoms with Crippen LogP contribution in [0.5, 0.6) is 0 Å². The van der Waals surface area contributed by atoms with E-state index in [9.17, 15) is 4.79 Å². The zero-order chi connectivity index (χ0) is 22.7. The first-order valence-electron chi connectivity index (χ1n) is 10.1. The van der Waals surface area contributed by atoms with Crippen LogP contribution in [0.1, 0.15) is 17.0 Å². The number of halogens is 2. The molecule has 0 aliphatic rings. The molecule has 1 aromatic heterocycles. The molecule has 3 aromatic carbocycles. The summed E-state index contributed by atoms with van der Waals surface area (Å²) >= 11 is 12.4. The van der Waals surface area contributed by atoms with Crippen LogP contribution in [0.2, 0.25) is 10.0 Å². The number of hydrogen-bond donors (Lipinski definition) is 2. The van der Waals surface area contributed by atoms with E-state index in [1.54, 1.807) is 18.3 Å². The third kappa shape index (κ3) is 4.64. The number of anilines is 1. The monoisotopic (exact) mass is 464 g/mol. The number of hydrogen-bond acceptors (Lipinski definition) is 3. The number of hydrazone groups is 1. The van der Waals surface area contributed by atoms with Gasteiger partial charge in [0.2, 0.25) is 0 Å². The van der Waals surface area contributed by atoms with Crippen molar-refractivity contribution >= 4 is 51.8 Å². The lowest BCUT2D eigenvalue weighted by Crippen LogP contribution is -2.25. The fourth-order valence-corrected chi connectivity index (χ4v) is 4.21. The van der Waals surface area contributed by atoms with E-state index >= 15 is 0 Å². The van der Waals surface area contributed by atoms with Crippen molar-refractivity contribution in [2.75, 3.05) is 11.9 Å². The predicted molar refractivity (Wildman–Crippen MR) is 133 cm³/mol. The molecule has 1 amide bonds. The summed E-state index contributed by atoms with van der Waals surface area (Å²) in [4.78, 5) is 12.3. The second-order valence-corrected chi connectivity index (χ2v) is 8.27. The molecule has 4 rings (SSSR count). The molecule has 5 nitrogen and oxygen atoms in total. The standard InChI is InChI=1S/C25H22Cl2N4O/c1-16-12-19(17(2)31(16)24-11-10-20(26)13-22(24)27)14-29-30-25(32)15-28-23-9-5-7-18-6-3-4-8-21(18)23/h3-14,28H,15H2,1-2H3,(H,30,32)/b29-14-. The topological polar surface area (TPSA) is 58.4 Å². The maximum atomic E-state index is 12.3. The molecule has 32 heavy (non-hydrogen) atoms. The van der Waals surface area contributed by atoms with Crippen LogP contribution in [-0.2, 0) is 4.79 Å². The van der Waals surface area contributed by atoms with Crippen molar-refractivity contribution in [2.45, 2.75) is 13.8 Å². The minimum absolute atomic E-state index is 0.116. The minimum atomic E-state index is -0.233. The maximum Gasteiger partial charge on any atom is 0.259 e. The van der Waals surface area contributed by atoms with Gasteiger partial charge in [0, 0.05) is 33.0 Å². The molecule has 7 heteroatoms. The molecule has 0 fully saturated rings. The number of carbonyl (C=O) groups excluding carboxylic acids is 1. The largest absolute Gasteiger partial charge is 0.376 e. The molecule has 0 aliphatic carbocycles. The second kappa shape index (κ2) is 9.47. The Morgan fingerprint density at radius 2 is 1.81 bits per heavy atom. The van der Waals surface area contributed by atoms with Crippen LogP contribution in [0, 0.1) is 13.8 Å². The summed E-state index contributed by atoms with van der Waals surface area (Å²) < 4.78 is 2.03. The van der Waals surface area contributed by atoms with Gasteiger partial charge in [-0.05, 0) is 49.6 Å². The van der Waals surface area contributed by atoms with Crippen LogP contribution < -0.4 is 10.7 Å². The predicted octanol–water partition coefficient (Wildman–Crippen LogP) is 6.12. The van der Waals surface area contributed by atoms with Crippen LogP contribution in [0.3, 0.4) is 0 Å². The summed E-state index contributed by atoms with van der Waals surface area (Å²) in [5.41, 5.74) is 7.17. The maximum absolute atomic E-state index is 12.3. The molecular weight excluding hydrogens is 443 g/mol. The first-order valence-corrected chi connectivity index (χ1v) is 10.9. The average molecular weight is 465 g/mol. The summed E-state index contributed by atoms with van der Waals surface area (Å²) in [6.45, 7) is 4.08. The molecule has 4 aromatic rings. The number of amides is 1. The van der Waals surface area contributed by atoms with Crippen LogP contribution in [-0.4, -0.2) is 23.2 Å². The minimum Gasteiger partial charge on any atom is -0.376 e. The van der Waals surface area contributed by atoms with E-state index in [1.165, 1.54) is 0 Å². The zero-order valence-electron chi connectivity index (χ0n) is 17.7. The summed E-state index contributed by atoms with van der Waals surface area (Å²) in [7, 11) is 0. The fraction of sp³-hybridized carbons (Fsp3) is 0.120. The van der Waals surface area contributed by atoms with E-state index in [4.69, 9.17) is 23.2 Å². The molecule has 0 aliphatic heterocycles. The Kier molecular flexibility index (Phi) is 6.49. The second-order valence-electron chi connectivity index (χ2n) is 7.43. The summed E-state index contributed by atoms with van der Waals surface area (Å²) in [6.07, 6.45) is 1.64. The average Bonchev–Trinajstić information content (AvgIpc) is 3.05. The number of rotatable bonds is 6. The summed E-state index contributed by atoms with van der Waals surface area (Å²) in [5, 5.41) is 10.6. The van der Waals surface area contributed by atoms with Gasteiger partial charge in [0.25, 0.3) is 5.91 Å². The molecule has 0 unspecified atom stereocenters. The molecule has 0 radical (unpaired) electrons. The number of aromatic nitrogens is 1. The van der Waals surface area contributed by atoms with Gasteiger partial charge in [0.1, 0.15) is 0 Å². The van der Waals surface area contributed by atoms with Crippen molar-refractivity contribution in [3.8, 4) is 5.69 Å². The van der Waals surface area contributed by atoms with Gasteiger partial charge in [0.15, 0.2) is 0 Å². The number of aryl methyl sites for hydroxylation is 1. The number of nitrogens with zero attached hydrogens (tertiary/aromatic N) is 2. The van der Waals surface area contributed by atoms with Gasteiger partial charge in [-0.15, -0.1) is 0 Å². The van der Waals surface area contributed by atoms with Crippen LogP contribution >= 0.6 is 23.2 Å². The van der Waals surface area contributed by atoms with Crippen molar-refractivity contribution in [1.82, 2.24) is 9.99 Å². The van der Waals surface area contributed by atoms with Gasteiger partial charge in [-0.1, -0.05) is 59.6 Å². The lowest BCUT2D eigenvalue weighted by molar-refractivity contribution is -0.119. The summed E-state index contributed by atoms with van der Waals surface area (Å²) in [5.74, 6) is -0.233. The van der Waals surface area contributed by atoms with E-state index in [0.29, 0.717) is 10.0 Å². The smallest absolute Gasteiger partial charge is 0.259 e. The van der Waals surface area contributed by atoms with Gasteiger partial charge in [-0.2, -0.15) is 5.10 Å². The highest BCUT2D eigenvalue weighted by Crippen LogP contribution is 2.28. The lowest BCUT2D eigenvalue weighted by atomic mass is 10.1. The van der Waals surface area contributed by atoms with E-state index in [2.05, 4.69) is 15.8 Å². The fourth-order valence-electron chi connectivity index (χ4n) is 3.72. The molecule has 0 atom stereocenters. The van der Waals surface area contributed by atoms with Gasteiger partial charge in [-0.25, -0.2) is 5.43 Å². The summed E-state index contributed by atoms with van der Waals surface area (Å²) in [6, 6.07) is 21.4. The Bertz CT molecular complexity index is 1320. The number of benzene rings is 3. The lowest BCUT2D eigenvalue weighted by Gasteiger charge is -2.11. The van der Waals surface area contributed by atoms with E-state index in [-0.39, 0.29) is 12.5 Å². The number of carbonyl (C=O) groups is 1. The van der Waals surface area contributed by atoms with Crippen LogP contribution in [0.25, 0.3) is 16.5 Å². The van der Waals surface area contributed by atoms with Gasteiger partial charge in [0.05, 0.1) is 23.5 Å². The zero-order valence-corrected chi connectivity index (χ0v) is 19.2. The number of fused-ring (bicyclic) bond motifs is 1. The molecule has 0 saturated carbocycles. The van der Waals surface area contributed by atoms with Crippen molar-refractivity contribution in [1.29, 1.82) is 0 Å². The normalized spacial score (nSPS) is 11.2. The first kappa shape index (κ1) is 21.9. The van der Waals surface area contributed by atoms with Crippen LogP contribution in [0.15, 0.2) is 71.8 Å².